The Kier molecular flexibility index (Phi) is 1.90. The average molecular weight is 155 g/mol. The molecule has 0 aromatic carbocycles. The first-order valence-electron chi connectivity index (χ1n) is 4.66. The molecule has 2 aliphatic rings. The molecular formula is C9H17NO. The molecular weight excluding hydrogens is 138 g/mol. The van der Waals surface area contributed by atoms with Gasteiger partial charge in [-0.25, -0.2) is 0 Å². The molecule has 0 spiro atoms. The van der Waals surface area contributed by atoms with Crippen molar-refractivity contribution in [2.24, 2.45) is 5.92 Å². The molecule has 2 nitrogen and oxygen atoms in total. The number of hydrogen-bond donors (Lipinski definition) is 1. The summed E-state index contributed by atoms with van der Waals surface area (Å²) in [6.07, 6.45) is 3.56. The monoisotopic (exact) mass is 155 g/mol. The van der Waals surface area contributed by atoms with Crippen LogP contribution in [-0.2, 0) is 4.74 Å². The lowest BCUT2D eigenvalue weighted by Crippen LogP contribution is -2.50. The minimum absolute atomic E-state index is 0.508. The standard InChI is InChI=1S/C9H17NO/c1-6(2)9-8-4-3-7(11-8)5-10-9/h6-10H,3-5H2,1-2H3/t7-,8+,9-/m0/s1. The zero-order valence-corrected chi connectivity index (χ0v) is 7.34. The van der Waals surface area contributed by atoms with Crippen molar-refractivity contribution in [2.45, 2.75) is 44.9 Å². The molecule has 3 atom stereocenters. The van der Waals surface area contributed by atoms with E-state index in [9.17, 15) is 0 Å². The summed E-state index contributed by atoms with van der Waals surface area (Å²) in [4.78, 5) is 0. The minimum Gasteiger partial charge on any atom is -0.372 e. The van der Waals surface area contributed by atoms with E-state index in [1.165, 1.54) is 12.8 Å². The average Bonchev–Trinajstić information content (AvgIpc) is 2.32. The molecule has 0 amide bonds. The van der Waals surface area contributed by atoms with Crippen LogP contribution in [-0.4, -0.2) is 24.8 Å². The number of hydrogen-bond acceptors (Lipinski definition) is 2. The first kappa shape index (κ1) is 7.56. The summed E-state index contributed by atoms with van der Waals surface area (Å²) >= 11 is 0. The third kappa shape index (κ3) is 1.30. The van der Waals surface area contributed by atoms with E-state index >= 15 is 0 Å². The molecule has 0 aromatic rings. The van der Waals surface area contributed by atoms with Gasteiger partial charge in [-0.1, -0.05) is 13.8 Å². The lowest BCUT2D eigenvalue weighted by molar-refractivity contribution is -0.0217. The molecule has 2 bridgehead atoms. The van der Waals surface area contributed by atoms with E-state index in [1.807, 2.05) is 0 Å². The van der Waals surface area contributed by atoms with Gasteiger partial charge < -0.3 is 10.1 Å². The van der Waals surface area contributed by atoms with E-state index in [1.54, 1.807) is 0 Å². The molecule has 2 saturated heterocycles. The molecule has 0 saturated carbocycles. The van der Waals surface area contributed by atoms with Gasteiger partial charge >= 0.3 is 0 Å². The van der Waals surface area contributed by atoms with Gasteiger partial charge in [-0.2, -0.15) is 0 Å². The lowest BCUT2D eigenvalue weighted by atomic mass is 9.97. The maximum atomic E-state index is 5.81. The molecule has 0 radical (unpaired) electrons. The first-order valence-corrected chi connectivity index (χ1v) is 4.66. The van der Waals surface area contributed by atoms with Crippen LogP contribution in [0, 0.1) is 5.92 Å². The SMILES string of the molecule is CC(C)[C@@H]1NC[C@@H]2CC[C@H]1O2. The van der Waals surface area contributed by atoms with Crippen LogP contribution < -0.4 is 5.32 Å². The van der Waals surface area contributed by atoms with Gasteiger partial charge in [-0.05, 0) is 18.8 Å². The third-order valence-electron chi connectivity index (χ3n) is 2.84. The topological polar surface area (TPSA) is 21.3 Å². The summed E-state index contributed by atoms with van der Waals surface area (Å²) in [5.41, 5.74) is 0. The van der Waals surface area contributed by atoms with Gasteiger partial charge in [-0.3, -0.25) is 0 Å². The van der Waals surface area contributed by atoms with Crippen LogP contribution in [0.25, 0.3) is 0 Å². The Labute approximate surface area is 68.3 Å². The lowest BCUT2D eigenvalue weighted by Gasteiger charge is -2.33. The van der Waals surface area contributed by atoms with Crippen LogP contribution in [0.4, 0.5) is 0 Å². The second kappa shape index (κ2) is 2.76. The smallest absolute Gasteiger partial charge is 0.0735 e. The van der Waals surface area contributed by atoms with Crippen LogP contribution in [0.2, 0.25) is 0 Å². The minimum atomic E-state index is 0.508. The summed E-state index contributed by atoms with van der Waals surface area (Å²) in [6.45, 7) is 5.60. The molecule has 2 heterocycles. The van der Waals surface area contributed by atoms with Gasteiger partial charge in [0.05, 0.1) is 12.2 Å². The van der Waals surface area contributed by atoms with E-state index in [0.29, 0.717) is 24.2 Å². The van der Waals surface area contributed by atoms with E-state index < -0.39 is 0 Å². The Bertz CT molecular complexity index is 146. The number of ether oxygens (including phenoxy) is 1. The van der Waals surface area contributed by atoms with Gasteiger partial charge in [0, 0.05) is 12.6 Å². The fraction of sp³-hybridized carbons (Fsp3) is 1.00. The summed E-state index contributed by atoms with van der Waals surface area (Å²) < 4.78 is 5.81. The molecule has 1 N–H and O–H groups in total. The third-order valence-corrected chi connectivity index (χ3v) is 2.84. The number of rotatable bonds is 1. The van der Waals surface area contributed by atoms with Crippen molar-refractivity contribution in [1.29, 1.82) is 0 Å². The maximum absolute atomic E-state index is 5.81. The highest BCUT2D eigenvalue weighted by Crippen LogP contribution is 2.28. The highest BCUT2D eigenvalue weighted by atomic mass is 16.5. The predicted molar refractivity (Wildman–Crippen MR) is 44.5 cm³/mol. The van der Waals surface area contributed by atoms with E-state index in [-0.39, 0.29) is 0 Å². The van der Waals surface area contributed by atoms with Gasteiger partial charge in [0.1, 0.15) is 0 Å². The van der Waals surface area contributed by atoms with E-state index in [4.69, 9.17) is 4.74 Å². The Morgan fingerprint density at radius 1 is 1.36 bits per heavy atom. The molecule has 0 aromatic heterocycles. The van der Waals surface area contributed by atoms with Gasteiger partial charge in [0.25, 0.3) is 0 Å². The van der Waals surface area contributed by atoms with Crippen LogP contribution in [0.3, 0.4) is 0 Å². The van der Waals surface area contributed by atoms with Crippen molar-refractivity contribution in [3.05, 3.63) is 0 Å². The van der Waals surface area contributed by atoms with Crippen molar-refractivity contribution in [3.63, 3.8) is 0 Å². The second-order valence-electron chi connectivity index (χ2n) is 4.05. The molecule has 2 heteroatoms. The number of fused-ring (bicyclic) bond motifs is 2. The summed E-state index contributed by atoms with van der Waals surface area (Å²) in [5.74, 6) is 0.707. The van der Waals surface area contributed by atoms with E-state index in [0.717, 1.165) is 6.54 Å². The van der Waals surface area contributed by atoms with Gasteiger partial charge in [0.2, 0.25) is 0 Å². The molecule has 0 aliphatic carbocycles. The second-order valence-corrected chi connectivity index (χ2v) is 4.05. The highest BCUT2D eigenvalue weighted by molar-refractivity contribution is 4.91. The van der Waals surface area contributed by atoms with Crippen molar-refractivity contribution in [1.82, 2.24) is 5.32 Å². The van der Waals surface area contributed by atoms with Crippen LogP contribution in [0.1, 0.15) is 26.7 Å². The largest absolute Gasteiger partial charge is 0.372 e. The Hall–Kier alpha value is -0.0800. The zero-order valence-electron chi connectivity index (χ0n) is 7.34. The van der Waals surface area contributed by atoms with Crippen molar-refractivity contribution in [2.75, 3.05) is 6.54 Å². The Balaban J connectivity index is 2.01. The van der Waals surface area contributed by atoms with Gasteiger partial charge in [-0.15, -0.1) is 0 Å². The van der Waals surface area contributed by atoms with Crippen molar-refractivity contribution in [3.8, 4) is 0 Å². The fourth-order valence-electron chi connectivity index (χ4n) is 2.21. The predicted octanol–water partition coefficient (Wildman–Crippen LogP) is 1.16. The molecule has 64 valence electrons. The summed E-state index contributed by atoms with van der Waals surface area (Å²) in [6, 6.07) is 0.605. The highest BCUT2D eigenvalue weighted by Gasteiger charge is 2.37. The van der Waals surface area contributed by atoms with Crippen LogP contribution >= 0.6 is 0 Å². The Morgan fingerprint density at radius 2 is 2.18 bits per heavy atom. The zero-order chi connectivity index (χ0) is 7.84. The van der Waals surface area contributed by atoms with Gasteiger partial charge in [0.15, 0.2) is 0 Å². The first-order chi connectivity index (χ1) is 5.27. The maximum Gasteiger partial charge on any atom is 0.0735 e. The fourth-order valence-corrected chi connectivity index (χ4v) is 2.21. The van der Waals surface area contributed by atoms with Crippen LogP contribution in [0.15, 0.2) is 0 Å². The molecule has 2 rings (SSSR count). The number of morpholine rings is 1. The molecule has 2 aliphatic heterocycles. The molecule has 0 unspecified atom stereocenters. The normalized spacial score (nSPS) is 43.4. The summed E-state index contributed by atoms with van der Waals surface area (Å²) in [7, 11) is 0. The van der Waals surface area contributed by atoms with Crippen molar-refractivity contribution >= 4 is 0 Å². The Morgan fingerprint density at radius 3 is 2.91 bits per heavy atom. The molecule has 2 fully saturated rings. The van der Waals surface area contributed by atoms with Crippen molar-refractivity contribution < 1.29 is 4.74 Å². The van der Waals surface area contributed by atoms with Crippen LogP contribution in [0.5, 0.6) is 0 Å². The van der Waals surface area contributed by atoms with E-state index in [2.05, 4.69) is 19.2 Å². The summed E-state index contributed by atoms with van der Waals surface area (Å²) in [5, 5.41) is 3.56. The molecule has 11 heavy (non-hydrogen) atoms. The number of nitrogens with one attached hydrogen (secondary N) is 1. The quantitative estimate of drug-likeness (QED) is 0.613.